The Bertz CT molecular complexity index is 11.6. The largest absolute Gasteiger partial charge is 0.346 e. The summed E-state index contributed by atoms with van der Waals surface area (Å²) in [6, 6.07) is 0. The fourth-order valence-electron chi connectivity index (χ4n) is 0. The van der Waals surface area contributed by atoms with Gasteiger partial charge in [0.05, 0.1) is 0 Å². The topological polar surface area (TPSA) is 0 Å². The van der Waals surface area contributed by atoms with Gasteiger partial charge in [-0.15, -0.1) is 8.80 Å². The molecule has 0 nitrogen and oxygen atoms in total. The third kappa shape index (κ3) is 33.6. The minimum Gasteiger partial charge on any atom is -0.346 e. The minimum absolute atomic E-state index is 0. The Morgan fingerprint density at radius 1 is 1.40 bits per heavy atom. The summed E-state index contributed by atoms with van der Waals surface area (Å²) >= 11 is 0. The first-order valence-corrected chi connectivity index (χ1v) is 4.06. The number of rotatable bonds is 0. The Hall–Kier alpha value is 1.32. The van der Waals surface area contributed by atoms with Gasteiger partial charge in [-0.3, -0.25) is 0 Å². The van der Waals surface area contributed by atoms with E-state index in [0.717, 1.165) is 0 Å². The first kappa shape index (κ1) is 9.59. The van der Waals surface area contributed by atoms with Crippen LogP contribution in [0, 0.1) is 6.55 Å². The molecule has 0 amide bonds. The molecule has 2 heteroatoms. The second-order valence-electron chi connectivity index (χ2n) is 1.21. The van der Waals surface area contributed by atoms with Gasteiger partial charge in [0.15, 0.2) is 0 Å². The summed E-state index contributed by atoms with van der Waals surface area (Å²) in [4.78, 5) is 0. The molecule has 28 valence electrons. The third-order valence-corrected chi connectivity index (χ3v) is 0. The molecule has 0 saturated heterocycles. The van der Waals surface area contributed by atoms with Crippen LogP contribution in [0.4, 0.5) is 0 Å². The number of hydrogen-bond donors (Lipinski definition) is 0. The monoisotopic (exact) mass is 161 g/mol. The SMILES string of the molecule is [CH2-][Si](C)C.[Y]. The van der Waals surface area contributed by atoms with Crippen LogP contribution in [0.5, 0.6) is 0 Å². The Morgan fingerprint density at radius 2 is 1.40 bits per heavy atom. The molecule has 0 aromatic rings. The van der Waals surface area contributed by atoms with Crippen LogP contribution < -0.4 is 0 Å². The average molecular weight is 161 g/mol. The van der Waals surface area contributed by atoms with E-state index in [9.17, 15) is 0 Å². The third-order valence-electron chi connectivity index (χ3n) is 0. The molecule has 0 aromatic carbocycles. The van der Waals surface area contributed by atoms with E-state index in [1.54, 1.807) is 0 Å². The predicted molar refractivity (Wildman–Crippen MR) is 22.8 cm³/mol. The van der Waals surface area contributed by atoms with Crippen molar-refractivity contribution in [3.05, 3.63) is 6.55 Å². The van der Waals surface area contributed by atoms with E-state index in [1.165, 1.54) is 0 Å². The second-order valence-corrected chi connectivity index (χ2v) is 3.62. The average Bonchev–Trinajstić information content (AvgIpc) is 0.811. The standard InChI is InChI=1S/C3H8Si.Y/c1-4(2)3;/h1H2,2-3H3;/q-1;. The second kappa shape index (κ2) is 5.32. The van der Waals surface area contributed by atoms with Crippen LogP contribution in [0.3, 0.4) is 0 Å². The van der Waals surface area contributed by atoms with E-state index >= 15 is 0 Å². The van der Waals surface area contributed by atoms with E-state index in [0.29, 0.717) is 0 Å². The van der Waals surface area contributed by atoms with E-state index in [1.807, 2.05) is 0 Å². The van der Waals surface area contributed by atoms with E-state index in [2.05, 4.69) is 19.6 Å². The summed E-state index contributed by atoms with van der Waals surface area (Å²) in [5.41, 5.74) is 0. The molecule has 2 radical (unpaired) electrons. The van der Waals surface area contributed by atoms with Gasteiger partial charge in [-0.2, -0.15) is 0 Å². The van der Waals surface area contributed by atoms with Crippen molar-refractivity contribution >= 4 is 8.80 Å². The van der Waals surface area contributed by atoms with Crippen LogP contribution in [-0.4, -0.2) is 8.80 Å². The fourth-order valence-corrected chi connectivity index (χ4v) is 0. The van der Waals surface area contributed by atoms with Crippen LogP contribution in [0.1, 0.15) is 0 Å². The molecule has 0 atom stereocenters. The Balaban J connectivity index is 0. The van der Waals surface area contributed by atoms with Crippen LogP contribution in [0.15, 0.2) is 0 Å². The summed E-state index contributed by atoms with van der Waals surface area (Å²) in [6.07, 6.45) is 0. The Kier molecular flexibility index (Phi) is 10.2. The predicted octanol–water partition coefficient (Wildman–Crippen LogP) is 1.11. The van der Waals surface area contributed by atoms with Gasteiger partial charge >= 0.3 is 0 Å². The fraction of sp³-hybridized carbons (Fsp3) is 0.667. The number of hydrogen-bond acceptors (Lipinski definition) is 0. The summed E-state index contributed by atoms with van der Waals surface area (Å²) in [7, 11) is -0.130. The van der Waals surface area contributed by atoms with Crippen LogP contribution in [0.2, 0.25) is 13.1 Å². The van der Waals surface area contributed by atoms with E-state index in [4.69, 9.17) is 0 Å². The first-order valence-electron chi connectivity index (χ1n) is 1.35. The smallest absolute Gasteiger partial charge is 0 e. The zero-order chi connectivity index (χ0) is 3.58. The van der Waals surface area contributed by atoms with Gasteiger partial charge in [0.25, 0.3) is 0 Å². The molecule has 5 heavy (non-hydrogen) atoms. The molecule has 0 aliphatic rings. The molecule has 0 N–H and O–H groups in total. The first-order chi connectivity index (χ1) is 1.73. The molecule has 0 fully saturated rings. The summed E-state index contributed by atoms with van der Waals surface area (Å²) in [5.74, 6) is 0. The molecule has 0 aliphatic heterocycles. The van der Waals surface area contributed by atoms with Crippen molar-refractivity contribution in [1.29, 1.82) is 0 Å². The van der Waals surface area contributed by atoms with Crippen molar-refractivity contribution in [3.63, 3.8) is 0 Å². The summed E-state index contributed by atoms with van der Waals surface area (Å²) < 4.78 is 0. The summed E-state index contributed by atoms with van der Waals surface area (Å²) in [5, 5.41) is 0. The molecule has 0 heterocycles. The van der Waals surface area contributed by atoms with Crippen molar-refractivity contribution in [2.45, 2.75) is 13.1 Å². The van der Waals surface area contributed by atoms with Gasteiger partial charge in [-0.1, -0.05) is 13.1 Å². The quantitative estimate of drug-likeness (QED) is 0.369. The zero-order valence-electron chi connectivity index (χ0n) is 3.78. The van der Waals surface area contributed by atoms with E-state index in [-0.39, 0.29) is 41.5 Å². The summed E-state index contributed by atoms with van der Waals surface area (Å²) in [6.45, 7) is 8.06. The van der Waals surface area contributed by atoms with Gasteiger partial charge in [-0.05, 0) is 0 Å². The van der Waals surface area contributed by atoms with Crippen LogP contribution >= 0.6 is 0 Å². The van der Waals surface area contributed by atoms with Crippen LogP contribution in [0.25, 0.3) is 0 Å². The molecule has 0 spiro atoms. The minimum atomic E-state index is -0.130. The Morgan fingerprint density at radius 3 is 1.40 bits per heavy atom. The maximum atomic E-state index is 3.74. The van der Waals surface area contributed by atoms with Gasteiger partial charge in [0.2, 0.25) is 0 Å². The van der Waals surface area contributed by atoms with Gasteiger partial charge in [-0.25, -0.2) is 0 Å². The normalized spacial score (nSPS) is 7.20. The van der Waals surface area contributed by atoms with Crippen molar-refractivity contribution in [1.82, 2.24) is 0 Å². The van der Waals surface area contributed by atoms with Crippen LogP contribution in [-0.2, 0) is 32.7 Å². The zero-order valence-corrected chi connectivity index (χ0v) is 7.62. The molecule has 0 unspecified atom stereocenters. The maximum Gasteiger partial charge on any atom is 0 e. The van der Waals surface area contributed by atoms with Crippen molar-refractivity contribution in [2.24, 2.45) is 0 Å². The van der Waals surface area contributed by atoms with Gasteiger partial charge in [0.1, 0.15) is 0 Å². The van der Waals surface area contributed by atoms with Crippen molar-refractivity contribution < 1.29 is 32.7 Å². The van der Waals surface area contributed by atoms with Crippen molar-refractivity contribution in [3.8, 4) is 0 Å². The molecule has 0 saturated carbocycles. The van der Waals surface area contributed by atoms with Gasteiger partial charge < -0.3 is 6.55 Å². The van der Waals surface area contributed by atoms with Gasteiger partial charge in [0, 0.05) is 32.7 Å². The van der Waals surface area contributed by atoms with Crippen molar-refractivity contribution in [2.75, 3.05) is 0 Å². The van der Waals surface area contributed by atoms with E-state index < -0.39 is 0 Å². The Labute approximate surface area is 60.8 Å². The maximum absolute atomic E-state index is 3.74. The molecule has 0 rings (SSSR count). The molecule has 0 bridgehead atoms. The molecular weight excluding hydrogens is 153 g/mol. The molecule has 0 aromatic heterocycles. The molecule has 0 aliphatic carbocycles. The molecular formula is C3H8SiY-.